The maximum absolute atomic E-state index is 11.5. The van der Waals surface area contributed by atoms with Crippen LogP contribution in [0, 0.1) is 13.8 Å². The fraction of sp³-hybridized carbons (Fsp3) is 0.562. The van der Waals surface area contributed by atoms with Gasteiger partial charge in [-0.25, -0.2) is 4.79 Å². The second kappa shape index (κ2) is 5.68. The van der Waals surface area contributed by atoms with E-state index in [9.17, 15) is 4.79 Å². The molecule has 2 aliphatic heterocycles. The Morgan fingerprint density at radius 3 is 2.40 bits per heavy atom. The van der Waals surface area contributed by atoms with Crippen LogP contribution in [0.1, 0.15) is 30.4 Å². The van der Waals surface area contributed by atoms with Crippen molar-refractivity contribution >= 4 is 16.9 Å². The van der Waals surface area contributed by atoms with Gasteiger partial charge < -0.3 is 9.47 Å². The fourth-order valence-electron chi connectivity index (χ4n) is 2.88. The SMILES string of the molecule is Cc1cc([S+]2CCCC2)cc(C)c1OC1CCOC1=O. The van der Waals surface area contributed by atoms with Crippen molar-refractivity contribution in [3.8, 4) is 5.75 Å². The second-order valence-electron chi connectivity index (χ2n) is 5.56. The maximum atomic E-state index is 11.5. The highest BCUT2D eigenvalue weighted by Gasteiger charge is 2.31. The normalized spacial score (nSPS) is 23.1. The van der Waals surface area contributed by atoms with Crippen LogP contribution in [0.4, 0.5) is 0 Å². The Labute approximate surface area is 123 Å². The zero-order chi connectivity index (χ0) is 14.1. The molecule has 0 bridgehead atoms. The third kappa shape index (κ3) is 2.66. The van der Waals surface area contributed by atoms with Gasteiger partial charge in [0.25, 0.3) is 0 Å². The average molecular weight is 293 g/mol. The van der Waals surface area contributed by atoms with Gasteiger partial charge in [0.05, 0.1) is 6.61 Å². The highest BCUT2D eigenvalue weighted by Crippen LogP contribution is 2.32. The second-order valence-corrected chi connectivity index (χ2v) is 7.83. The maximum Gasteiger partial charge on any atom is 0.347 e. The average Bonchev–Trinajstić information content (AvgIpc) is 3.05. The molecule has 20 heavy (non-hydrogen) atoms. The van der Waals surface area contributed by atoms with E-state index in [0.29, 0.717) is 23.9 Å². The van der Waals surface area contributed by atoms with Gasteiger partial charge in [-0.1, -0.05) is 0 Å². The molecule has 4 heteroatoms. The number of benzene rings is 1. The summed E-state index contributed by atoms with van der Waals surface area (Å²) in [5.74, 6) is 3.29. The Kier molecular flexibility index (Phi) is 3.92. The molecular weight excluding hydrogens is 272 g/mol. The van der Waals surface area contributed by atoms with E-state index in [1.165, 1.54) is 29.2 Å². The first kappa shape index (κ1) is 13.8. The standard InChI is InChI=1S/C16H21O3S/c1-11-9-13(20-7-3-4-8-20)10-12(2)15(11)19-14-5-6-18-16(14)17/h9-10,14H,3-8H2,1-2H3/q+1. The Morgan fingerprint density at radius 1 is 1.20 bits per heavy atom. The molecule has 3 nitrogen and oxygen atoms in total. The first-order valence-electron chi connectivity index (χ1n) is 7.27. The molecule has 1 unspecified atom stereocenters. The molecule has 0 aromatic heterocycles. The monoisotopic (exact) mass is 293 g/mol. The number of rotatable bonds is 3. The summed E-state index contributed by atoms with van der Waals surface area (Å²) in [5, 5.41) is 0. The molecular formula is C16H21O3S+. The summed E-state index contributed by atoms with van der Waals surface area (Å²) < 4.78 is 10.9. The quantitative estimate of drug-likeness (QED) is 0.635. The summed E-state index contributed by atoms with van der Waals surface area (Å²) in [4.78, 5) is 13.0. The molecule has 2 heterocycles. The first-order chi connectivity index (χ1) is 9.65. The topological polar surface area (TPSA) is 35.5 Å². The van der Waals surface area contributed by atoms with Gasteiger partial charge in [0.15, 0.2) is 11.0 Å². The van der Waals surface area contributed by atoms with Crippen molar-refractivity contribution in [1.82, 2.24) is 0 Å². The van der Waals surface area contributed by atoms with E-state index in [1.54, 1.807) is 0 Å². The lowest BCUT2D eigenvalue weighted by Crippen LogP contribution is -2.22. The highest BCUT2D eigenvalue weighted by atomic mass is 32.2. The van der Waals surface area contributed by atoms with E-state index >= 15 is 0 Å². The Morgan fingerprint density at radius 2 is 1.85 bits per heavy atom. The van der Waals surface area contributed by atoms with Crippen molar-refractivity contribution in [2.45, 2.75) is 44.1 Å². The van der Waals surface area contributed by atoms with Crippen molar-refractivity contribution in [3.05, 3.63) is 23.3 Å². The van der Waals surface area contributed by atoms with Gasteiger partial charge in [-0.15, -0.1) is 0 Å². The van der Waals surface area contributed by atoms with Crippen LogP contribution in [0.5, 0.6) is 5.75 Å². The Balaban J connectivity index is 1.82. The molecule has 1 aromatic rings. The van der Waals surface area contributed by atoms with E-state index in [-0.39, 0.29) is 5.97 Å². The molecule has 2 aliphatic rings. The van der Waals surface area contributed by atoms with Gasteiger partial charge in [-0.3, -0.25) is 0 Å². The Bertz CT molecular complexity index is 497. The largest absolute Gasteiger partial charge is 0.478 e. The highest BCUT2D eigenvalue weighted by molar-refractivity contribution is 7.97. The van der Waals surface area contributed by atoms with Gasteiger partial charge in [0, 0.05) is 17.3 Å². The molecule has 1 atom stereocenters. The van der Waals surface area contributed by atoms with Gasteiger partial charge in [-0.05, 0) is 49.9 Å². The molecule has 0 aliphatic carbocycles. The molecule has 0 N–H and O–H groups in total. The third-order valence-corrected chi connectivity index (χ3v) is 6.41. The summed E-state index contributed by atoms with van der Waals surface area (Å²) in [5.41, 5.74) is 2.28. The zero-order valence-corrected chi connectivity index (χ0v) is 12.9. The molecule has 2 saturated heterocycles. The smallest absolute Gasteiger partial charge is 0.347 e. The van der Waals surface area contributed by atoms with Crippen molar-refractivity contribution in [2.75, 3.05) is 18.1 Å². The van der Waals surface area contributed by atoms with Crippen LogP contribution >= 0.6 is 0 Å². The van der Waals surface area contributed by atoms with Crippen molar-refractivity contribution < 1.29 is 14.3 Å². The number of hydrogen-bond acceptors (Lipinski definition) is 3. The number of hydrogen-bond donors (Lipinski definition) is 0. The summed E-state index contributed by atoms with van der Waals surface area (Å²) in [6, 6.07) is 4.49. The number of esters is 1. The molecule has 2 fully saturated rings. The van der Waals surface area contributed by atoms with Crippen LogP contribution in [0.3, 0.4) is 0 Å². The van der Waals surface area contributed by atoms with E-state index in [2.05, 4.69) is 26.0 Å². The number of carbonyl (C=O) groups is 1. The summed E-state index contributed by atoms with van der Waals surface area (Å²) in [7, 11) is 0.422. The van der Waals surface area contributed by atoms with Crippen LogP contribution < -0.4 is 4.74 Å². The minimum Gasteiger partial charge on any atom is -0.478 e. The number of ether oxygens (including phenoxy) is 2. The van der Waals surface area contributed by atoms with Gasteiger partial charge in [0.2, 0.25) is 0 Å². The molecule has 3 rings (SSSR count). The van der Waals surface area contributed by atoms with Crippen LogP contribution in [-0.4, -0.2) is 30.2 Å². The number of cyclic esters (lactones) is 1. The third-order valence-electron chi connectivity index (χ3n) is 3.95. The van der Waals surface area contributed by atoms with Gasteiger partial charge in [-0.2, -0.15) is 0 Å². The van der Waals surface area contributed by atoms with Crippen LogP contribution in [0.15, 0.2) is 17.0 Å². The summed E-state index contributed by atoms with van der Waals surface area (Å²) in [6.45, 7) is 4.63. The van der Waals surface area contributed by atoms with Crippen LogP contribution in [0.2, 0.25) is 0 Å². The van der Waals surface area contributed by atoms with Gasteiger partial charge >= 0.3 is 5.97 Å². The molecule has 0 saturated carbocycles. The predicted molar refractivity (Wildman–Crippen MR) is 80.5 cm³/mol. The minimum absolute atomic E-state index is 0.231. The number of carbonyl (C=O) groups excluding carboxylic acids is 1. The van der Waals surface area contributed by atoms with Gasteiger partial charge in [0.1, 0.15) is 17.3 Å². The van der Waals surface area contributed by atoms with Crippen molar-refractivity contribution in [2.24, 2.45) is 0 Å². The summed E-state index contributed by atoms with van der Waals surface area (Å²) >= 11 is 0. The van der Waals surface area contributed by atoms with Crippen molar-refractivity contribution in [3.63, 3.8) is 0 Å². The van der Waals surface area contributed by atoms with E-state index in [0.717, 1.165) is 16.9 Å². The predicted octanol–water partition coefficient (Wildman–Crippen LogP) is 2.77. The van der Waals surface area contributed by atoms with E-state index in [1.807, 2.05) is 0 Å². The Hall–Kier alpha value is -1.16. The molecule has 0 radical (unpaired) electrons. The number of aryl methyl sites for hydroxylation is 2. The van der Waals surface area contributed by atoms with Crippen LogP contribution in [0.25, 0.3) is 0 Å². The summed E-state index contributed by atoms with van der Waals surface area (Å²) in [6.07, 6.45) is 2.94. The molecule has 1 aromatic carbocycles. The first-order valence-corrected chi connectivity index (χ1v) is 8.83. The lowest BCUT2D eigenvalue weighted by molar-refractivity contribution is -0.143. The zero-order valence-electron chi connectivity index (χ0n) is 12.1. The van der Waals surface area contributed by atoms with E-state index in [4.69, 9.17) is 9.47 Å². The lowest BCUT2D eigenvalue weighted by atomic mass is 10.1. The van der Waals surface area contributed by atoms with Crippen LogP contribution in [-0.2, 0) is 20.4 Å². The molecule has 108 valence electrons. The lowest BCUT2D eigenvalue weighted by Gasteiger charge is -2.15. The van der Waals surface area contributed by atoms with Crippen molar-refractivity contribution in [1.29, 1.82) is 0 Å². The van der Waals surface area contributed by atoms with E-state index < -0.39 is 6.10 Å². The minimum atomic E-state index is -0.424. The molecule has 0 spiro atoms. The fourth-order valence-corrected chi connectivity index (χ4v) is 5.35. The molecule has 0 amide bonds.